The first-order valence-corrected chi connectivity index (χ1v) is 7.45. The maximum atomic E-state index is 13.5. The highest BCUT2D eigenvalue weighted by Gasteiger charge is 2.21. The van der Waals surface area contributed by atoms with Gasteiger partial charge in [-0.1, -0.05) is 12.1 Å². The SMILES string of the molecule is O=C(O)c1cccc(CS(=O)(=O)c2cc(F)ccc2F)c1. The second-order valence-electron chi connectivity index (χ2n) is 4.34. The van der Waals surface area contributed by atoms with Crippen LogP contribution < -0.4 is 0 Å². The molecule has 2 aromatic rings. The van der Waals surface area contributed by atoms with Crippen molar-refractivity contribution in [2.24, 2.45) is 0 Å². The minimum atomic E-state index is -4.12. The van der Waals surface area contributed by atoms with Gasteiger partial charge in [-0.25, -0.2) is 22.0 Å². The van der Waals surface area contributed by atoms with E-state index >= 15 is 0 Å². The number of benzene rings is 2. The number of rotatable bonds is 4. The molecule has 0 radical (unpaired) electrons. The van der Waals surface area contributed by atoms with E-state index < -0.39 is 38.1 Å². The van der Waals surface area contributed by atoms with Crippen molar-refractivity contribution in [2.75, 3.05) is 0 Å². The molecule has 0 atom stereocenters. The van der Waals surface area contributed by atoms with Crippen molar-refractivity contribution in [3.8, 4) is 0 Å². The number of halogens is 2. The van der Waals surface area contributed by atoms with Crippen molar-refractivity contribution < 1.29 is 27.1 Å². The Hall–Kier alpha value is -2.28. The fraction of sp³-hybridized carbons (Fsp3) is 0.0714. The molecule has 21 heavy (non-hydrogen) atoms. The molecular formula is C14H10F2O4S. The van der Waals surface area contributed by atoms with Crippen LogP contribution in [0.25, 0.3) is 0 Å². The quantitative estimate of drug-likeness (QED) is 0.942. The van der Waals surface area contributed by atoms with Crippen molar-refractivity contribution in [1.29, 1.82) is 0 Å². The fourth-order valence-corrected chi connectivity index (χ4v) is 3.24. The zero-order valence-electron chi connectivity index (χ0n) is 10.6. The predicted molar refractivity (Wildman–Crippen MR) is 70.6 cm³/mol. The molecule has 0 aromatic heterocycles. The number of sulfone groups is 1. The zero-order valence-corrected chi connectivity index (χ0v) is 11.4. The van der Waals surface area contributed by atoms with E-state index in [0.29, 0.717) is 6.07 Å². The molecule has 0 amide bonds. The first-order chi connectivity index (χ1) is 9.79. The molecule has 4 nitrogen and oxygen atoms in total. The summed E-state index contributed by atoms with van der Waals surface area (Å²) in [6.45, 7) is 0. The van der Waals surface area contributed by atoms with E-state index in [1.165, 1.54) is 24.3 Å². The Morgan fingerprint density at radius 1 is 1.10 bits per heavy atom. The van der Waals surface area contributed by atoms with E-state index in [0.717, 1.165) is 12.1 Å². The first-order valence-electron chi connectivity index (χ1n) is 5.79. The van der Waals surface area contributed by atoms with E-state index in [-0.39, 0.29) is 11.1 Å². The van der Waals surface area contributed by atoms with Gasteiger partial charge >= 0.3 is 5.97 Å². The Bertz CT molecular complexity index is 800. The lowest BCUT2D eigenvalue weighted by Crippen LogP contribution is -2.08. The molecule has 0 aliphatic rings. The molecular weight excluding hydrogens is 302 g/mol. The summed E-state index contributed by atoms with van der Waals surface area (Å²) in [5, 5.41) is 8.85. The van der Waals surface area contributed by atoms with Gasteiger partial charge < -0.3 is 5.11 Å². The van der Waals surface area contributed by atoms with Crippen LogP contribution in [0, 0.1) is 11.6 Å². The number of hydrogen-bond acceptors (Lipinski definition) is 3. The van der Waals surface area contributed by atoms with Crippen LogP contribution in [0.3, 0.4) is 0 Å². The van der Waals surface area contributed by atoms with Gasteiger partial charge in [0.2, 0.25) is 0 Å². The molecule has 7 heteroatoms. The summed E-state index contributed by atoms with van der Waals surface area (Å²) in [4.78, 5) is 10.1. The summed E-state index contributed by atoms with van der Waals surface area (Å²) in [7, 11) is -4.12. The van der Waals surface area contributed by atoms with Crippen molar-refractivity contribution >= 4 is 15.8 Å². The predicted octanol–water partition coefficient (Wildman–Crippen LogP) is 2.64. The highest BCUT2D eigenvalue weighted by atomic mass is 32.2. The monoisotopic (exact) mass is 312 g/mol. The second kappa shape index (κ2) is 5.61. The average Bonchev–Trinajstić information content (AvgIpc) is 2.41. The summed E-state index contributed by atoms with van der Waals surface area (Å²) in [6, 6.07) is 7.43. The van der Waals surface area contributed by atoms with Gasteiger partial charge in [-0.05, 0) is 35.9 Å². The number of carboxylic acids is 1. The summed E-state index contributed by atoms with van der Waals surface area (Å²) in [5.41, 5.74) is 0.0981. The van der Waals surface area contributed by atoms with Gasteiger partial charge in [0, 0.05) is 0 Å². The van der Waals surface area contributed by atoms with Gasteiger partial charge in [0.05, 0.1) is 11.3 Å². The third kappa shape index (κ3) is 3.43. The maximum absolute atomic E-state index is 13.5. The normalized spacial score (nSPS) is 11.3. The maximum Gasteiger partial charge on any atom is 0.335 e. The van der Waals surface area contributed by atoms with Crippen LogP contribution in [0.5, 0.6) is 0 Å². The van der Waals surface area contributed by atoms with E-state index in [1.54, 1.807) is 0 Å². The minimum absolute atomic E-state index is 0.0811. The van der Waals surface area contributed by atoms with Crippen LogP contribution in [-0.4, -0.2) is 19.5 Å². The molecule has 110 valence electrons. The number of carbonyl (C=O) groups is 1. The van der Waals surface area contributed by atoms with E-state index in [4.69, 9.17) is 5.11 Å². The minimum Gasteiger partial charge on any atom is -0.478 e. The topological polar surface area (TPSA) is 71.4 Å². The molecule has 2 rings (SSSR count). The molecule has 0 heterocycles. The molecule has 0 unspecified atom stereocenters. The van der Waals surface area contributed by atoms with Crippen LogP contribution in [0.2, 0.25) is 0 Å². The lowest BCUT2D eigenvalue weighted by molar-refractivity contribution is 0.0696. The molecule has 2 aromatic carbocycles. The van der Waals surface area contributed by atoms with Crippen LogP contribution >= 0.6 is 0 Å². The van der Waals surface area contributed by atoms with E-state index in [2.05, 4.69) is 0 Å². The molecule has 0 bridgehead atoms. The third-order valence-corrected chi connectivity index (χ3v) is 4.46. The Kier molecular flexibility index (Phi) is 4.04. The lowest BCUT2D eigenvalue weighted by Gasteiger charge is -2.07. The van der Waals surface area contributed by atoms with Gasteiger partial charge in [0.1, 0.15) is 16.5 Å². The summed E-state index contributed by atoms with van der Waals surface area (Å²) in [6.07, 6.45) is 0. The number of hydrogen-bond donors (Lipinski definition) is 1. The summed E-state index contributed by atoms with van der Waals surface area (Å²) < 4.78 is 50.8. The molecule has 0 aliphatic heterocycles. The van der Waals surface area contributed by atoms with Crippen molar-refractivity contribution in [2.45, 2.75) is 10.6 Å². The van der Waals surface area contributed by atoms with Crippen LogP contribution in [-0.2, 0) is 15.6 Å². The first kappa shape index (κ1) is 15.1. The van der Waals surface area contributed by atoms with Gasteiger partial charge in [-0.15, -0.1) is 0 Å². The van der Waals surface area contributed by atoms with Crippen LogP contribution in [0.1, 0.15) is 15.9 Å². The van der Waals surface area contributed by atoms with Gasteiger partial charge in [0.25, 0.3) is 0 Å². The zero-order chi connectivity index (χ0) is 15.6. The molecule has 0 spiro atoms. The van der Waals surface area contributed by atoms with Crippen LogP contribution in [0.15, 0.2) is 47.4 Å². The smallest absolute Gasteiger partial charge is 0.335 e. The van der Waals surface area contributed by atoms with Gasteiger partial charge in [0.15, 0.2) is 9.84 Å². The Morgan fingerprint density at radius 3 is 2.48 bits per heavy atom. The van der Waals surface area contributed by atoms with E-state index in [9.17, 15) is 22.0 Å². The molecule has 0 saturated heterocycles. The standard InChI is InChI=1S/C14H10F2O4S/c15-11-4-5-12(16)13(7-11)21(19,20)8-9-2-1-3-10(6-9)14(17)18/h1-7H,8H2,(H,17,18). The number of aromatic carboxylic acids is 1. The molecule has 0 saturated carbocycles. The highest BCUT2D eigenvalue weighted by Crippen LogP contribution is 2.21. The Labute approximate surface area is 119 Å². The van der Waals surface area contributed by atoms with Crippen molar-refractivity contribution in [3.05, 3.63) is 65.2 Å². The summed E-state index contributed by atoms with van der Waals surface area (Å²) >= 11 is 0. The summed E-state index contributed by atoms with van der Waals surface area (Å²) in [5.74, 6) is -3.74. The number of carboxylic acid groups (broad SMARTS) is 1. The van der Waals surface area contributed by atoms with Crippen molar-refractivity contribution in [1.82, 2.24) is 0 Å². The average molecular weight is 312 g/mol. The Morgan fingerprint density at radius 2 is 1.81 bits per heavy atom. The van der Waals surface area contributed by atoms with Crippen molar-refractivity contribution in [3.63, 3.8) is 0 Å². The Balaban J connectivity index is 2.40. The fourth-order valence-electron chi connectivity index (χ4n) is 1.81. The lowest BCUT2D eigenvalue weighted by atomic mass is 10.1. The molecule has 0 fully saturated rings. The van der Waals surface area contributed by atoms with Gasteiger partial charge in [-0.2, -0.15) is 0 Å². The molecule has 0 aliphatic carbocycles. The van der Waals surface area contributed by atoms with Gasteiger partial charge in [-0.3, -0.25) is 0 Å². The van der Waals surface area contributed by atoms with Crippen LogP contribution in [0.4, 0.5) is 8.78 Å². The third-order valence-electron chi connectivity index (χ3n) is 2.76. The second-order valence-corrected chi connectivity index (χ2v) is 6.30. The largest absolute Gasteiger partial charge is 0.478 e. The highest BCUT2D eigenvalue weighted by molar-refractivity contribution is 7.90. The molecule has 1 N–H and O–H groups in total. The van der Waals surface area contributed by atoms with E-state index in [1.807, 2.05) is 0 Å².